The van der Waals surface area contributed by atoms with Crippen LogP contribution in [-0.4, -0.2) is 70.8 Å². The van der Waals surface area contributed by atoms with E-state index < -0.39 is 11.2 Å². The molecule has 1 amide bonds. The fourth-order valence-electron chi connectivity index (χ4n) is 2.24. The Morgan fingerprint density at radius 1 is 1.15 bits per heavy atom. The van der Waals surface area contributed by atoms with Gasteiger partial charge in [0, 0.05) is 32.2 Å². The Morgan fingerprint density at radius 2 is 1.65 bits per heavy atom. The normalized spacial score (nSPS) is 18.7. The van der Waals surface area contributed by atoms with Gasteiger partial charge in [0.2, 0.25) is 0 Å². The van der Waals surface area contributed by atoms with E-state index in [1.165, 1.54) is 0 Å². The largest absolute Gasteiger partial charge is 0.388 e. The Morgan fingerprint density at radius 3 is 2.05 bits per heavy atom. The van der Waals surface area contributed by atoms with Crippen LogP contribution in [0.1, 0.15) is 41.5 Å². The molecule has 0 unspecified atom stereocenters. The number of carbonyl (C=O) groups excluding carboxylic acids is 1. The van der Waals surface area contributed by atoms with Crippen molar-refractivity contribution in [2.24, 2.45) is 0 Å². The number of amides is 1. The number of nitrogens with zero attached hydrogens (tertiary/aromatic N) is 2. The Balaban J connectivity index is 2.53. The molecule has 0 aliphatic carbocycles. The van der Waals surface area contributed by atoms with Crippen LogP contribution in [-0.2, 0) is 9.53 Å². The maximum atomic E-state index is 12.5. The Hall–Kier alpha value is -0.650. The zero-order valence-electron chi connectivity index (χ0n) is 13.8. The first-order valence-corrected chi connectivity index (χ1v) is 7.43. The molecular weight excluding hydrogens is 256 g/mol. The van der Waals surface area contributed by atoms with Crippen LogP contribution in [0.15, 0.2) is 0 Å². The molecule has 1 aliphatic heterocycles. The van der Waals surface area contributed by atoms with Gasteiger partial charge in [-0.2, -0.15) is 0 Å². The lowest BCUT2D eigenvalue weighted by Gasteiger charge is -2.40. The van der Waals surface area contributed by atoms with Crippen molar-refractivity contribution in [2.45, 2.75) is 58.8 Å². The van der Waals surface area contributed by atoms with Crippen LogP contribution in [0.4, 0.5) is 0 Å². The van der Waals surface area contributed by atoms with Gasteiger partial charge in [0.05, 0.1) is 12.2 Å². The number of hydrogen-bond acceptors (Lipinski definition) is 4. The van der Waals surface area contributed by atoms with Gasteiger partial charge < -0.3 is 14.7 Å². The number of hydrogen-bond donors (Lipinski definition) is 1. The van der Waals surface area contributed by atoms with Gasteiger partial charge in [-0.1, -0.05) is 0 Å². The molecule has 0 aromatic rings. The maximum absolute atomic E-state index is 12.5. The van der Waals surface area contributed by atoms with Gasteiger partial charge in [-0.15, -0.1) is 0 Å². The summed E-state index contributed by atoms with van der Waals surface area (Å²) in [5, 5.41) is 9.71. The van der Waals surface area contributed by atoms with Crippen molar-refractivity contribution >= 4 is 5.91 Å². The standard InChI is InChI=1S/C15H30N2O3/c1-12(2)16-7-9-17(10-8-16)13(18)15(5,6)20-11-14(3,4)19/h12,19H,7-11H2,1-6H3. The van der Waals surface area contributed by atoms with E-state index in [2.05, 4.69) is 18.7 Å². The van der Waals surface area contributed by atoms with E-state index in [1.807, 2.05) is 4.90 Å². The third kappa shape index (κ3) is 5.04. The zero-order chi connectivity index (χ0) is 15.6. The lowest BCUT2D eigenvalue weighted by atomic mass is 10.1. The molecule has 0 bridgehead atoms. The van der Waals surface area contributed by atoms with E-state index in [-0.39, 0.29) is 12.5 Å². The molecule has 0 aromatic heterocycles. The minimum atomic E-state index is -0.923. The van der Waals surface area contributed by atoms with Crippen LogP contribution in [0.3, 0.4) is 0 Å². The first kappa shape index (κ1) is 17.4. The lowest BCUT2D eigenvalue weighted by Crippen LogP contribution is -2.56. The lowest BCUT2D eigenvalue weighted by molar-refractivity contribution is -0.163. The SMILES string of the molecule is CC(C)N1CCN(C(=O)C(C)(C)OCC(C)(C)O)CC1. The van der Waals surface area contributed by atoms with Crippen molar-refractivity contribution in [3.05, 3.63) is 0 Å². The van der Waals surface area contributed by atoms with Gasteiger partial charge in [0.25, 0.3) is 5.91 Å². The van der Waals surface area contributed by atoms with E-state index in [0.717, 1.165) is 26.2 Å². The molecule has 0 aromatic carbocycles. The Kier molecular flexibility index (Phi) is 5.58. The van der Waals surface area contributed by atoms with Crippen LogP contribution >= 0.6 is 0 Å². The van der Waals surface area contributed by atoms with Crippen LogP contribution < -0.4 is 0 Å². The highest BCUT2D eigenvalue weighted by Crippen LogP contribution is 2.18. The van der Waals surface area contributed by atoms with Gasteiger partial charge >= 0.3 is 0 Å². The molecular formula is C15H30N2O3. The highest BCUT2D eigenvalue weighted by molar-refractivity contribution is 5.84. The summed E-state index contributed by atoms with van der Waals surface area (Å²) in [7, 11) is 0. The second-order valence-corrected chi connectivity index (χ2v) is 7.03. The molecule has 0 saturated carbocycles. The zero-order valence-corrected chi connectivity index (χ0v) is 13.8. The van der Waals surface area contributed by atoms with E-state index in [4.69, 9.17) is 4.74 Å². The third-order valence-electron chi connectivity index (χ3n) is 3.63. The topological polar surface area (TPSA) is 53.0 Å². The fourth-order valence-corrected chi connectivity index (χ4v) is 2.24. The molecule has 5 heteroatoms. The highest BCUT2D eigenvalue weighted by atomic mass is 16.5. The van der Waals surface area contributed by atoms with E-state index in [9.17, 15) is 9.90 Å². The number of carbonyl (C=O) groups is 1. The molecule has 1 N–H and O–H groups in total. The van der Waals surface area contributed by atoms with Crippen molar-refractivity contribution < 1.29 is 14.6 Å². The highest BCUT2D eigenvalue weighted by Gasteiger charge is 2.36. The van der Waals surface area contributed by atoms with E-state index in [1.54, 1.807) is 27.7 Å². The van der Waals surface area contributed by atoms with Crippen molar-refractivity contribution in [3.63, 3.8) is 0 Å². The Labute approximate surface area is 122 Å². The summed E-state index contributed by atoms with van der Waals surface area (Å²) in [6.07, 6.45) is 0. The summed E-state index contributed by atoms with van der Waals surface area (Å²) in [6, 6.07) is 0.520. The van der Waals surface area contributed by atoms with Crippen molar-refractivity contribution in [1.29, 1.82) is 0 Å². The molecule has 0 atom stereocenters. The molecule has 1 aliphatic rings. The number of piperazine rings is 1. The summed E-state index contributed by atoms with van der Waals surface area (Å²) in [6.45, 7) is 14.7. The number of rotatable bonds is 5. The number of ether oxygens (including phenoxy) is 1. The summed E-state index contributed by atoms with van der Waals surface area (Å²) >= 11 is 0. The van der Waals surface area contributed by atoms with Gasteiger partial charge in [0.1, 0.15) is 5.60 Å². The molecule has 118 valence electrons. The predicted octanol–water partition coefficient (Wildman–Crippen LogP) is 1.11. The Bertz CT molecular complexity index is 327. The summed E-state index contributed by atoms with van der Waals surface area (Å²) < 4.78 is 5.63. The molecule has 1 rings (SSSR count). The molecule has 5 nitrogen and oxygen atoms in total. The van der Waals surface area contributed by atoms with Crippen LogP contribution in [0.25, 0.3) is 0 Å². The van der Waals surface area contributed by atoms with Crippen molar-refractivity contribution in [3.8, 4) is 0 Å². The molecule has 1 saturated heterocycles. The third-order valence-corrected chi connectivity index (χ3v) is 3.63. The van der Waals surface area contributed by atoms with Gasteiger partial charge in [-0.25, -0.2) is 0 Å². The summed E-state index contributed by atoms with van der Waals surface area (Å²) in [5.41, 5.74) is -1.81. The van der Waals surface area contributed by atoms with Crippen molar-refractivity contribution in [2.75, 3.05) is 32.8 Å². The summed E-state index contributed by atoms with van der Waals surface area (Å²) in [4.78, 5) is 16.7. The van der Waals surface area contributed by atoms with Crippen LogP contribution in [0, 0.1) is 0 Å². The molecule has 20 heavy (non-hydrogen) atoms. The van der Waals surface area contributed by atoms with Crippen LogP contribution in [0.5, 0.6) is 0 Å². The monoisotopic (exact) mass is 286 g/mol. The first-order valence-electron chi connectivity index (χ1n) is 7.43. The quantitative estimate of drug-likeness (QED) is 0.822. The smallest absolute Gasteiger partial charge is 0.254 e. The molecule has 1 fully saturated rings. The van der Waals surface area contributed by atoms with Crippen molar-refractivity contribution in [1.82, 2.24) is 9.80 Å². The predicted molar refractivity (Wildman–Crippen MR) is 79.6 cm³/mol. The second-order valence-electron chi connectivity index (χ2n) is 7.03. The van der Waals surface area contributed by atoms with Gasteiger partial charge in [-0.05, 0) is 41.5 Å². The van der Waals surface area contributed by atoms with Crippen LogP contribution in [0.2, 0.25) is 0 Å². The first-order chi connectivity index (χ1) is 9.03. The summed E-state index contributed by atoms with van der Waals surface area (Å²) in [5.74, 6) is 0.00477. The average Bonchev–Trinajstić information content (AvgIpc) is 2.35. The van der Waals surface area contributed by atoms with E-state index >= 15 is 0 Å². The van der Waals surface area contributed by atoms with Gasteiger partial charge in [0.15, 0.2) is 0 Å². The van der Waals surface area contributed by atoms with E-state index in [0.29, 0.717) is 6.04 Å². The molecule has 1 heterocycles. The maximum Gasteiger partial charge on any atom is 0.254 e. The minimum Gasteiger partial charge on any atom is -0.388 e. The number of aliphatic hydroxyl groups is 1. The molecule has 0 spiro atoms. The minimum absolute atomic E-state index is 0.00477. The molecule has 0 radical (unpaired) electrons. The fraction of sp³-hybridized carbons (Fsp3) is 0.933. The second kappa shape index (κ2) is 6.41. The average molecular weight is 286 g/mol. The van der Waals surface area contributed by atoms with Gasteiger partial charge in [-0.3, -0.25) is 9.69 Å².